The summed E-state index contributed by atoms with van der Waals surface area (Å²) in [5, 5.41) is 5.12. The molecule has 3 atom stereocenters. The highest BCUT2D eigenvalue weighted by atomic mass is 16.6. The Bertz CT molecular complexity index is 1740. The monoisotopic (exact) mass is 798 g/mol. The summed E-state index contributed by atoms with van der Waals surface area (Å²) in [6.07, 6.45) is -2.63. The number of Topliss-reactive ketones (excluding diaryl/α,β-unsaturated/α-hetero) is 3. The number of amides is 2. The maximum Gasteiger partial charge on any atom is 0.411 e. The molecular formula is C41H54N2O14. The molecule has 3 unspecified atom stereocenters. The summed E-state index contributed by atoms with van der Waals surface area (Å²) in [5.41, 5.74) is 3.10. The Balaban J connectivity index is 1.80. The molecule has 0 spiro atoms. The zero-order chi connectivity index (χ0) is 42.8. The molecule has 0 saturated heterocycles. The molecule has 2 aromatic rings. The number of aryl methyl sites for hydroxylation is 2. The molecule has 0 heterocycles. The lowest BCUT2D eigenvalue weighted by Gasteiger charge is -2.20. The van der Waals surface area contributed by atoms with Gasteiger partial charge in [-0.1, -0.05) is 24.3 Å². The molecule has 0 fully saturated rings. The molecule has 16 heteroatoms. The van der Waals surface area contributed by atoms with Gasteiger partial charge in [-0.3, -0.25) is 38.9 Å². The van der Waals surface area contributed by atoms with E-state index in [0.29, 0.717) is 28.1 Å². The van der Waals surface area contributed by atoms with Crippen LogP contribution in [-0.2, 0) is 74.8 Å². The minimum atomic E-state index is -1.70. The number of benzene rings is 2. The molecule has 312 valence electrons. The summed E-state index contributed by atoms with van der Waals surface area (Å²) in [5.74, 6) is -8.20. The summed E-state index contributed by atoms with van der Waals surface area (Å²) in [6.45, 7) is 14.2. The van der Waals surface area contributed by atoms with Gasteiger partial charge in [0.05, 0.1) is 45.1 Å². The molecule has 2 rings (SSSR count). The van der Waals surface area contributed by atoms with Gasteiger partial charge in [-0.2, -0.15) is 0 Å². The number of carbonyl (C=O) groups is 8. The smallest absolute Gasteiger partial charge is 0.411 e. The Morgan fingerprint density at radius 3 is 1.77 bits per heavy atom. The Labute approximate surface area is 332 Å². The van der Waals surface area contributed by atoms with E-state index in [-0.39, 0.29) is 45.9 Å². The third kappa shape index (κ3) is 16.3. The molecule has 57 heavy (non-hydrogen) atoms. The van der Waals surface area contributed by atoms with Crippen LogP contribution in [0.25, 0.3) is 0 Å². The zero-order valence-corrected chi connectivity index (χ0v) is 34.0. The molecule has 0 saturated carbocycles. The van der Waals surface area contributed by atoms with Crippen molar-refractivity contribution < 1.29 is 66.8 Å². The fourth-order valence-corrected chi connectivity index (χ4v) is 5.33. The van der Waals surface area contributed by atoms with Crippen molar-refractivity contribution in [3.05, 3.63) is 58.7 Å². The average molecular weight is 799 g/mol. The summed E-state index contributed by atoms with van der Waals surface area (Å²) in [7, 11) is 0. The van der Waals surface area contributed by atoms with Crippen molar-refractivity contribution in [1.29, 1.82) is 0 Å². The van der Waals surface area contributed by atoms with Gasteiger partial charge < -0.3 is 33.7 Å². The van der Waals surface area contributed by atoms with E-state index in [0.717, 1.165) is 19.4 Å². The van der Waals surface area contributed by atoms with Gasteiger partial charge >= 0.3 is 24.0 Å². The zero-order valence-electron chi connectivity index (χ0n) is 34.0. The van der Waals surface area contributed by atoms with E-state index in [9.17, 15) is 38.4 Å². The second-order valence-corrected chi connectivity index (χ2v) is 13.5. The number of nitrogens with one attached hydrogen (secondary N) is 2. The lowest BCUT2D eigenvalue weighted by Crippen LogP contribution is -2.36. The summed E-state index contributed by atoms with van der Waals surface area (Å²) in [4.78, 5) is 99.0. The third-order valence-corrected chi connectivity index (χ3v) is 8.32. The third-order valence-electron chi connectivity index (χ3n) is 8.32. The van der Waals surface area contributed by atoms with Crippen LogP contribution in [0.1, 0.15) is 70.7 Å². The van der Waals surface area contributed by atoms with E-state index in [1.54, 1.807) is 78.8 Å². The summed E-state index contributed by atoms with van der Waals surface area (Å²) >= 11 is 0. The number of ketones is 3. The molecule has 0 aliphatic heterocycles. The second kappa shape index (κ2) is 23.6. The molecule has 0 aliphatic rings. The van der Waals surface area contributed by atoms with Crippen LogP contribution < -0.4 is 10.6 Å². The number of ether oxygens (including phenoxy) is 6. The normalized spacial score (nSPS) is 12.5. The molecule has 0 radical (unpaired) electrons. The number of hydrogen-bond acceptors (Lipinski definition) is 14. The Kier molecular flexibility index (Phi) is 19.7. The van der Waals surface area contributed by atoms with Gasteiger partial charge in [0.15, 0.2) is 11.7 Å². The number of rotatable bonds is 23. The highest BCUT2D eigenvalue weighted by Crippen LogP contribution is 2.22. The van der Waals surface area contributed by atoms with Gasteiger partial charge in [0.25, 0.3) is 0 Å². The first-order chi connectivity index (χ1) is 26.9. The van der Waals surface area contributed by atoms with Crippen LogP contribution in [0.5, 0.6) is 0 Å². The van der Waals surface area contributed by atoms with Gasteiger partial charge in [-0.05, 0) is 96.7 Å². The first kappa shape index (κ1) is 47.7. The average Bonchev–Trinajstić information content (AvgIpc) is 3.11. The Morgan fingerprint density at radius 1 is 0.632 bits per heavy atom. The fourth-order valence-electron chi connectivity index (χ4n) is 5.33. The summed E-state index contributed by atoms with van der Waals surface area (Å²) < 4.78 is 32.1. The van der Waals surface area contributed by atoms with E-state index in [1.807, 2.05) is 0 Å². The van der Waals surface area contributed by atoms with Crippen LogP contribution in [-0.4, -0.2) is 98.6 Å². The van der Waals surface area contributed by atoms with Crippen molar-refractivity contribution in [1.82, 2.24) is 0 Å². The van der Waals surface area contributed by atoms with Gasteiger partial charge in [-0.25, -0.2) is 4.79 Å². The number of carbonyl (C=O) groups excluding carboxylic acids is 8. The lowest BCUT2D eigenvalue weighted by molar-refractivity contribution is -0.164. The van der Waals surface area contributed by atoms with Crippen LogP contribution in [0.15, 0.2) is 36.4 Å². The number of esters is 3. The van der Waals surface area contributed by atoms with Crippen LogP contribution in [0, 0.1) is 25.7 Å². The maximum absolute atomic E-state index is 13.0. The van der Waals surface area contributed by atoms with Crippen molar-refractivity contribution in [2.24, 2.45) is 11.8 Å². The second-order valence-electron chi connectivity index (χ2n) is 13.5. The van der Waals surface area contributed by atoms with Crippen molar-refractivity contribution in [2.45, 2.75) is 93.5 Å². The van der Waals surface area contributed by atoms with E-state index < -0.39 is 77.4 Å². The minimum absolute atomic E-state index is 0.00598. The molecule has 0 aromatic heterocycles. The van der Waals surface area contributed by atoms with Crippen LogP contribution >= 0.6 is 0 Å². The van der Waals surface area contributed by atoms with Crippen molar-refractivity contribution in [3.63, 3.8) is 0 Å². The molecular weight excluding hydrogens is 744 g/mol. The molecule has 2 N–H and O–H groups in total. The van der Waals surface area contributed by atoms with Crippen molar-refractivity contribution in [3.8, 4) is 0 Å². The van der Waals surface area contributed by atoms with Crippen molar-refractivity contribution >= 4 is 58.6 Å². The lowest BCUT2D eigenvalue weighted by atomic mass is 9.93. The predicted octanol–water partition coefficient (Wildman–Crippen LogP) is 4.42. The van der Waals surface area contributed by atoms with Gasteiger partial charge in [0.2, 0.25) is 11.8 Å². The van der Waals surface area contributed by atoms with E-state index in [4.69, 9.17) is 28.4 Å². The maximum atomic E-state index is 13.0. The fraction of sp³-hybridized carbons (Fsp3) is 0.512. The minimum Gasteiger partial charge on any atom is -0.465 e. The molecule has 0 aliphatic carbocycles. The number of hydrogen-bond donors (Lipinski definition) is 2. The van der Waals surface area contributed by atoms with Crippen LogP contribution in [0.3, 0.4) is 0 Å². The first-order valence-corrected chi connectivity index (χ1v) is 18.6. The Hall–Kier alpha value is -5.48. The topological polar surface area (TPSA) is 216 Å². The molecule has 16 nitrogen and oxygen atoms in total. The summed E-state index contributed by atoms with van der Waals surface area (Å²) in [6, 6.07) is 9.83. The van der Waals surface area contributed by atoms with Gasteiger partial charge in [0.1, 0.15) is 24.3 Å². The van der Waals surface area contributed by atoms with Crippen LogP contribution in [0.4, 0.5) is 16.2 Å². The largest absolute Gasteiger partial charge is 0.465 e. The first-order valence-electron chi connectivity index (χ1n) is 18.6. The molecule has 2 amide bonds. The van der Waals surface area contributed by atoms with E-state index in [2.05, 4.69) is 10.6 Å². The van der Waals surface area contributed by atoms with Gasteiger partial charge in [0, 0.05) is 17.8 Å². The van der Waals surface area contributed by atoms with E-state index in [1.165, 1.54) is 6.07 Å². The highest BCUT2D eigenvalue weighted by Gasteiger charge is 2.36. The van der Waals surface area contributed by atoms with Crippen molar-refractivity contribution in [2.75, 3.05) is 43.7 Å². The highest BCUT2D eigenvalue weighted by molar-refractivity contribution is 6.21. The van der Waals surface area contributed by atoms with Crippen LogP contribution in [0.2, 0.25) is 0 Å². The predicted molar refractivity (Wildman–Crippen MR) is 206 cm³/mol. The Morgan fingerprint density at radius 2 is 1.19 bits per heavy atom. The van der Waals surface area contributed by atoms with E-state index >= 15 is 0 Å². The SMILES string of the molecule is CCOC(=O)C(C(=O)Cc1cc(CC(=O)OC(C)COC(C)COC(C)COC(=O)Nc2ccc(C)c(NC(=O)C(C(C)=O)C(C)=O)c2)ccc1C)C(=O)OCC. The molecule has 2 aromatic carbocycles. The number of anilines is 2. The van der Waals surface area contributed by atoms with Gasteiger partial charge in [-0.15, -0.1) is 0 Å². The molecule has 0 bridgehead atoms. The standard InChI is InChI=1S/C41H54N2O14/c1-10-52-39(49)37(40(50)53-11-2)34(46)18-31-16-30(14-12-23(31)3)17-35(47)57-27(7)22-55-25(5)20-54-26(6)21-56-41(51)42-32-15-13-24(4)33(19-32)43-38(48)36(28(8)44)29(9)45/h12-16,19,25-27,36-37H,10-11,17-18,20-22H2,1-9H3,(H,42,51)(H,43,48). The quantitative estimate of drug-likeness (QED) is 0.0905.